The van der Waals surface area contributed by atoms with Gasteiger partial charge in [0.05, 0.1) is 0 Å². The van der Waals surface area contributed by atoms with Gasteiger partial charge in [-0.2, -0.15) is 0 Å². The van der Waals surface area contributed by atoms with Crippen molar-refractivity contribution < 1.29 is 14.7 Å². The average molecular weight is 243 g/mol. The third-order valence-electron chi connectivity index (χ3n) is 1.94. The Labute approximate surface area is 97.7 Å². The van der Waals surface area contributed by atoms with Crippen LogP contribution >= 0.6 is 11.6 Å². The molecule has 0 aliphatic heterocycles. The lowest BCUT2D eigenvalue weighted by Crippen LogP contribution is -2.35. The summed E-state index contributed by atoms with van der Waals surface area (Å²) >= 11 is 5.72. The summed E-state index contributed by atoms with van der Waals surface area (Å²) in [5, 5.41) is 9.02. The Hall–Kier alpha value is -1.62. The van der Waals surface area contributed by atoms with Gasteiger partial charge in [-0.15, -0.1) is 0 Å². The highest BCUT2D eigenvalue weighted by Crippen LogP contribution is 2.10. The summed E-state index contributed by atoms with van der Waals surface area (Å²) in [6, 6.07) is 2.96. The first-order valence-electron chi connectivity index (χ1n) is 4.67. The van der Waals surface area contributed by atoms with Crippen molar-refractivity contribution in [1.82, 2.24) is 9.88 Å². The summed E-state index contributed by atoms with van der Waals surface area (Å²) in [5.74, 6) is -1.50. The first-order chi connectivity index (χ1) is 7.54. The minimum absolute atomic E-state index is 0.149. The van der Waals surface area contributed by atoms with E-state index in [0.717, 1.165) is 0 Å². The van der Waals surface area contributed by atoms with E-state index in [0.29, 0.717) is 11.6 Å². The molecule has 0 saturated carbocycles. The van der Waals surface area contributed by atoms with E-state index in [-0.39, 0.29) is 12.2 Å². The van der Waals surface area contributed by atoms with E-state index >= 15 is 0 Å². The number of aromatic nitrogens is 1. The van der Waals surface area contributed by atoms with Gasteiger partial charge in [-0.05, 0) is 19.1 Å². The third-order valence-corrected chi connectivity index (χ3v) is 2.17. The van der Waals surface area contributed by atoms with E-state index in [4.69, 9.17) is 16.7 Å². The van der Waals surface area contributed by atoms with Crippen LogP contribution in [0, 0.1) is 0 Å². The van der Waals surface area contributed by atoms with Crippen LogP contribution in [0.5, 0.6) is 0 Å². The third kappa shape index (κ3) is 3.20. The number of nitrogens with zero attached hydrogens (tertiary/aromatic N) is 2. The fraction of sp³-hybridized carbons (Fsp3) is 0.300. The maximum Gasteiger partial charge on any atom is 0.323 e. The molecule has 1 rings (SSSR count). The molecule has 5 nitrogen and oxygen atoms in total. The Morgan fingerprint density at radius 3 is 2.75 bits per heavy atom. The highest BCUT2D eigenvalue weighted by atomic mass is 35.5. The summed E-state index contributed by atoms with van der Waals surface area (Å²) in [7, 11) is 0. The molecule has 0 spiro atoms. The first-order valence-corrected chi connectivity index (χ1v) is 5.05. The standard InChI is InChI=1S/C10H11ClN2O3/c1-2-13(6-9(14)15)10(16)8-5-7(11)3-4-12-8/h3-5H,2,6H2,1H3,(H,14,15). The molecule has 0 aliphatic rings. The zero-order valence-corrected chi connectivity index (χ0v) is 9.44. The Bertz CT molecular complexity index is 409. The largest absolute Gasteiger partial charge is 0.480 e. The van der Waals surface area contributed by atoms with Crippen LogP contribution in [0.3, 0.4) is 0 Å². The molecule has 1 heterocycles. The van der Waals surface area contributed by atoms with Crippen LogP contribution in [0.4, 0.5) is 0 Å². The highest BCUT2D eigenvalue weighted by molar-refractivity contribution is 6.30. The Morgan fingerprint density at radius 1 is 1.56 bits per heavy atom. The monoisotopic (exact) mass is 242 g/mol. The average Bonchev–Trinajstić information content (AvgIpc) is 2.24. The van der Waals surface area contributed by atoms with Crippen molar-refractivity contribution in [3.63, 3.8) is 0 Å². The Balaban J connectivity index is 2.86. The van der Waals surface area contributed by atoms with Crippen molar-refractivity contribution in [3.8, 4) is 0 Å². The maximum absolute atomic E-state index is 11.8. The number of carboxylic acid groups (broad SMARTS) is 1. The minimum Gasteiger partial charge on any atom is -0.480 e. The van der Waals surface area contributed by atoms with E-state index in [1.807, 2.05) is 0 Å². The predicted molar refractivity (Wildman–Crippen MR) is 58.5 cm³/mol. The first kappa shape index (κ1) is 12.4. The van der Waals surface area contributed by atoms with Crippen molar-refractivity contribution in [1.29, 1.82) is 0 Å². The second-order valence-corrected chi connectivity index (χ2v) is 3.51. The number of carbonyl (C=O) groups is 2. The number of halogens is 1. The van der Waals surface area contributed by atoms with Gasteiger partial charge in [0.25, 0.3) is 5.91 Å². The molecule has 6 heteroatoms. The van der Waals surface area contributed by atoms with Crippen LogP contribution in [0.2, 0.25) is 5.02 Å². The topological polar surface area (TPSA) is 70.5 Å². The molecule has 0 bridgehead atoms. The van der Waals surface area contributed by atoms with Crippen LogP contribution in [0.15, 0.2) is 18.3 Å². The number of amides is 1. The van der Waals surface area contributed by atoms with Gasteiger partial charge >= 0.3 is 5.97 Å². The summed E-state index contributed by atoms with van der Waals surface area (Å²) in [6.45, 7) is 1.66. The molecule has 1 amide bonds. The van der Waals surface area contributed by atoms with Gasteiger partial charge in [-0.3, -0.25) is 14.6 Å². The van der Waals surface area contributed by atoms with Crippen molar-refractivity contribution in [2.45, 2.75) is 6.92 Å². The zero-order valence-electron chi connectivity index (χ0n) is 8.68. The van der Waals surface area contributed by atoms with Gasteiger partial charge in [0.15, 0.2) is 0 Å². The molecule has 16 heavy (non-hydrogen) atoms. The second kappa shape index (κ2) is 5.46. The lowest BCUT2D eigenvalue weighted by atomic mass is 10.3. The number of carbonyl (C=O) groups excluding carboxylic acids is 1. The van der Waals surface area contributed by atoms with E-state index < -0.39 is 11.9 Å². The quantitative estimate of drug-likeness (QED) is 0.864. The molecule has 1 aromatic rings. The summed E-state index contributed by atoms with van der Waals surface area (Å²) in [5.41, 5.74) is 0.149. The molecule has 0 aliphatic carbocycles. The molecule has 0 atom stereocenters. The Kier molecular flexibility index (Phi) is 4.25. The number of rotatable bonds is 4. The second-order valence-electron chi connectivity index (χ2n) is 3.07. The zero-order chi connectivity index (χ0) is 12.1. The molecule has 0 aromatic carbocycles. The van der Waals surface area contributed by atoms with E-state index in [2.05, 4.69) is 4.98 Å². The fourth-order valence-electron chi connectivity index (χ4n) is 1.17. The normalized spacial score (nSPS) is 9.88. The molecule has 1 N–H and O–H groups in total. The molecular formula is C10H11ClN2O3. The van der Waals surface area contributed by atoms with E-state index in [1.54, 1.807) is 13.0 Å². The number of pyridine rings is 1. The smallest absolute Gasteiger partial charge is 0.323 e. The van der Waals surface area contributed by atoms with Gasteiger partial charge < -0.3 is 10.0 Å². The maximum atomic E-state index is 11.8. The Morgan fingerprint density at radius 2 is 2.25 bits per heavy atom. The molecular weight excluding hydrogens is 232 g/mol. The molecule has 86 valence electrons. The molecule has 0 radical (unpaired) electrons. The van der Waals surface area contributed by atoms with Crippen molar-refractivity contribution in [2.24, 2.45) is 0 Å². The fourth-order valence-corrected chi connectivity index (χ4v) is 1.33. The van der Waals surface area contributed by atoms with Crippen molar-refractivity contribution in [3.05, 3.63) is 29.0 Å². The van der Waals surface area contributed by atoms with Crippen LogP contribution in [-0.2, 0) is 4.79 Å². The van der Waals surface area contributed by atoms with Gasteiger partial charge in [-0.1, -0.05) is 11.6 Å². The molecule has 0 unspecified atom stereocenters. The van der Waals surface area contributed by atoms with Crippen LogP contribution in [0.25, 0.3) is 0 Å². The lowest BCUT2D eigenvalue weighted by molar-refractivity contribution is -0.137. The van der Waals surface area contributed by atoms with Crippen LogP contribution in [-0.4, -0.2) is 40.0 Å². The van der Waals surface area contributed by atoms with E-state index in [9.17, 15) is 9.59 Å². The van der Waals surface area contributed by atoms with Crippen LogP contribution < -0.4 is 0 Å². The van der Waals surface area contributed by atoms with Crippen molar-refractivity contribution >= 4 is 23.5 Å². The number of hydrogen-bond acceptors (Lipinski definition) is 3. The number of carboxylic acids is 1. The number of aliphatic carboxylic acids is 1. The number of likely N-dealkylation sites (N-methyl/N-ethyl adjacent to an activating group) is 1. The summed E-state index contributed by atoms with van der Waals surface area (Å²) < 4.78 is 0. The lowest BCUT2D eigenvalue weighted by Gasteiger charge is -2.17. The SMILES string of the molecule is CCN(CC(=O)O)C(=O)c1cc(Cl)ccn1. The van der Waals surface area contributed by atoms with Gasteiger partial charge in [0.1, 0.15) is 12.2 Å². The summed E-state index contributed by atoms with van der Waals surface area (Å²) in [6.07, 6.45) is 1.41. The predicted octanol–water partition coefficient (Wildman–Crippen LogP) is 1.28. The van der Waals surface area contributed by atoms with Crippen molar-refractivity contribution in [2.75, 3.05) is 13.1 Å². The highest BCUT2D eigenvalue weighted by Gasteiger charge is 2.17. The van der Waals surface area contributed by atoms with Crippen LogP contribution in [0.1, 0.15) is 17.4 Å². The van der Waals surface area contributed by atoms with Gasteiger partial charge in [-0.25, -0.2) is 0 Å². The van der Waals surface area contributed by atoms with Gasteiger partial charge in [0.2, 0.25) is 0 Å². The van der Waals surface area contributed by atoms with E-state index in [1.165, 1.54) is 17.2 Å². The molecule has 0 fully saturated rings. The summed E-state index contributed by atoms with van der Waals surface area (Å²) in [4.78, 5) is 27.4. The van der Waals surface area contributed by atoms with Gasteiger partial charge in [0, 0.05) is 17.8 Å². The number of hydrogen-bond donors (Lipinski definition) is 1. The molecule has 1 aromatic heterocycles. The minimum atomic E-state index is -1.06. The molecule has 0 saturated heterocycles.